The zero-order valence-electron chi connectivity index (χ0n) is 24.9. The van der Waals surface area contributed by atoms with Crippen LogP contribution in [0.25, 0.3) is 88.0 Å². The Hall–Kier alpha value is -6.19. The van der Waals surface area contributed by atoms with Crippen LogP contribution in [0.4, 0.5) is 0 Å². The fourth-order valence-corrected chi connectivity index (χ4v) is 6.84. The molecule has 214 valence electrons. The Balaban J connectivity index is 1.24. The molecule has 3 heterocycles. The molecule has 0 saturated heterocycles. The molecule has 9 aromatic rings. The third-order valence-corrected chi connectivity index (χ3v) is 8.96. The van der Waals surface area contributed by atoms with Gasteiger partial charge in [0.05, 0.1) is 16.9 Å². The van der Waals surface area contributed by atoms with Crippen LogP contribution in [0.1, 0.15) is 0 Å². The highest BCUT2D eigenvalue weighted by Crippen LogP contribution is 2.43. The predicted octanol–water partition coefficient (Wildman–Crippen LogP) is 11.2. The van der Waals surface area contributed by atoms with Crippen molar-refractivity contribution in [2.24, 2.45) is 0 Å². The van der Waals surface area contributed by atoms with Gasteiger partial charge in [0.2, 0.25) is 0 Å². The summed E-state index contributed by atoms with van der Waals surface area (Å²) >= 11 is 0. The number of hydrogen-bond donors (Lipinski definition) is 0. The van der Waals surface area contributed by atoms with Crippen molar-refractivity contribution in [2.45, 2.75) is 0 Å². The van der Waals surface area contributed by atoms with Crippen LogP contribution in [0.5, 0.6) is 0 Å². The molecule has 0 aliphatic heterocycles. The van der Waals surface area contributed by atoms with E-state index in [4.69, 9.17) is 4.98 Å². The van der Waals surface area contributed by atoms with Crippen LogP contribution in [0.2, 0.25) is 0 Å². The van der Waals surface area contributed by atoms with E-state index in [0.29, 0.717) is 0 Å². The standard InChI is InChI=1S/C43H27N3/c1-3-17-36-34(15-1)35-16-2-4-18-37(35)42-41(36)38-19-5-6-20-39(38)46-43(42)32-13-8-12-30(25-32)28-10-7-11-29(24-28)31-21-23-45-40(26-31)33-14-9-22-44-27-33/h1-27H. The SMILES string of the molecule is c1cc(-c2cccc(-c3nc4ccccc4c4c5ccccc5c5ccccc5c34)c2)cc(-c2ccnc(-c3cccnc3)c2)c1. The topological polar surface area (TPSA) is 38.7 Å². The van der Waals surface area contributed by atoms with Gasteiger partial charge in [-0.1, -0.05) is 103 Å². The van der Waals surface area contributed by atoms with Crippen LogP contribution in [0.15, 0.2) is 164 Å². The summed E-state index contributed by atoms with van der Waals surface area (Å²) in [4.78, 5) is 14.2. The molecular weight excluding hydrogens is 558 g/mol. The van der Waals surface area contributed by atoms with Crippen molar-refractivity contribution in [2.75, 3.05) is 0 Å². The number of para-hydroxylation sites is 1. The van der Waals surface area contributed by atoms with Gasteiger partial charge in [-0.2, -0.15) is 0 Å². The summed E-state index contributed by atoms with van der Waals surface area (Å²) in [5, 5.41) is 8.61. The number of aromatic nitrogens is 3. The zero-order chi connectivity index (χ0) is 30.5. The van der Waals surface area contributed by atoms with Gasteiger partial charge in [-0.15, -0.1) is 0 Å². The number of rotatable bonds is 4. The lowest BCUT2D eigenvalue weighted by molar-refractivity contribution is 1.28. The molecule has 0 aliphatic rings. The van der Waals surface area contributed by atoms with E-state index in [2.05, 4.69) is 143 Å². The van der Waals surface area contributed by atoms with E-state index in [1.165, 1.54) is 37.7 Å². The van der Waals surface area contributed by atoms with E-state index in [0.717, 1.165) is 50.3 Å². The third-order valence-electron chi connectivity index (χ3n) is 8.96. The highest BCUT2D eigenvalue weighted by molar-refractivity contribution is 6.33. The van der Waals surface area contributed by atoms with Gasteiger partial charge in [0.15, 0.2) is 0 Å². The van der Waals surface area contributed by atoms with E-state index in [1.807, 2.05) is 24.5 Å². The summed E-state index contributed by atoms with van der Waals surface area (Å²) < 4.78 is 0. The molecular formula is C43H27N3. The van der Waals surface area contributed by atoms with Crippen LogP contribution in [0, 0.1) is 0 Å². The molecule has 46 heavy (non-hydrogen) atoms. The Bertz CT molecular complexity index is 2590. The van der Waals surface area contributed by atoms with Crippen LogP contribution in [-0.4, -0.2) is 15.0 Å². The fourth-order valence-electron chi connectivity index (χ4n) is 6.84. The molecule has 0 N–H and O–H groups in total. The first-order valence-electron chi connectivity index (χ1n) is 15.5. The summed E-state index contributed by atoms with van der Waals surface area (Å²) in [6, 6.07) is 51.7. The molecule has 0 amide bonds. The second kappa shape index (κ2) is 10.8. The van der Waals surface area contributed by atoms with Gasteiger partial charge in [0.25, 0.3) is 0 Å². The molecule has 3 nitrogen and oxygen atoms in total. The summed E-state index contributed by atoms with van der Waals surface area (Å²) in [5.74, 6) is 0. The molecule has 9 rings (SSSR count). The highest BCUT2D eigenvalue weighted by atomic mass is 14.7. The molecule has 0 aliphatic carbocycles. The summed E-state index contributed by atoms with van der Waals surface area (Å²) in [6.07, 6.45) is 5.51. The van der Waals surface area contributed by atoms with Crippen LogP contribution in [0.3, 0.4) is 0 Å². The predicted molar refractivity (Wildman–Crippen MR) is 192 cm³/mol. The smallest absolute Gasteiger partial charge is 0.0794 e. The average Bonchev–Trinajstić information content (AvgIpc) is 3.15. The molecule has 0 saturated carbocycles. The lowest BCUT2D eigenvalue weighted by atomic mass is 9.89. The van der Waals surface area contributed by atoms with Gasteiger partial charge in [-0.25, -0.2) is 4.98 Å². The van der Waals surface area contributed by atoms with E-state index in [9.17, 15) is 0 Å². The minimum atomic E-state index is 0.909. The van der Waals surface area contributed by atoms with Crippen molar-refractivity contribution in [1.29, 1.82) is 0 Å². The largest absolute Gasteiger partial charge is 0.264 e. The number of fused-ring (bicyclic) bond motifs is 8. The number of pyridine rings is 3. The van der Waals surface area contributed by atoms with Crippen molar-refractivity contribution >= 4 is 43.2 Å². The Morgan fingerprint density at radius 2 is 0.935 bits per heavy atom. The van der Waals surface area contributed by atoms with E-state index >= 15 is 0 Å². The highest BCUT2D eigenvalue weighted by Gasteiger charge is 2.17. The second-order valence-electron chi connectivity index (χ2n) is 11.7. The number of benzene rings is 6. The van der Waals surface area contributed by atoms with Gasteiger partial charge < -0.3 is 0 Å². The van der Waals surface area contributed by atoms with Gasteiger partial charge in [0.1, 0.15) is 0 Å². The second-order valence-corrected chi connectivity index (χ2v) is 11.7. The molecule has 0 atom stereocenters. The normalized spacial score (nSPS) is 11.5. The first-order valence-corrected chi connectivity index (χ1v) is 15.5. The Kier molecular flexibility index (Phi) is 6.14. The van der Waals surface area contributed by atoms with Crippen molar-refractivity contribution in [3.8, 4) is 44.8 Å². The van der Waals surface area contributed by atoms with Crippen molar-refractivity contribution < 1.29 is 0 Å². The van der Waals surface area contributed by atoms with E-state index in [1.54, 1.807) is 6.20 Å². The molecule has 0 bridgehead atoms. The Morgan fingerprint density at radius 1 is 0.370 bits per heavy atom. The Morgan fingerprint density at radius 3 is 1.63 bits per heavy atom. The quantitative estimate of drug-likeness (QED) is 0.193. The monoisotopic (exact) mass is 585 g/mol. The summed E-state index contributed by atoms with van der Waals surface area (Å²) in [5.41, 5.74) is 9.57. The number of nitrogens with zero attached hydrogens (tertiary/aromatic N) is 3. The molecule has 0 radical (unpaired) electrons. The molecule has 3 aromatic heterocycles. The lowest BCUT2D eigenvalue weighted by Gasteiger charge is -2.16. The maximum atomic E-state index is 5.36. The van der Waals surface area contributed by atoms with Gasteiger partial charge in [-0.3, -0.25) is 9.97 Å². The minimum Gasteiger partial charge on any atom is -0.264 e. The van der Waals surface area contributed by atoms with Crippen molar-refractivity contribution in [3.05, 3.63) is 164 Å². The first kappa shape index (κ1) is 26.2. The first-order chi connectivity index (χ1) is 22.8. The molecule has 6 aromatic carbocycles. The van der Waals surface area contributed by atoms with Crippen LogP contribution in [-0.2, 0) is 0 Å². The van der Waals surface area contributed by atoms with Gasteiger partial charge in [0, 0.05) is 45.9 Å². The molecule has 3 heteroatoms. The number of hydrogen-bond acceptors (Lipinski definition) is 3. The summed E-state index contributed by atoms with van der Waals surface area (Å²) in [6.45, 7) is 0. The van der Waals surface area contributed by atoms with E-state index in [-0.39, 0.29) is 0 Å². The molecule has 0 fully saturated rings. The molecule has 0 spiro atoms. The maximum absolute atomic E-state index is 5.36. The van der Waals surface area contributed by atoms with Gasteiger partial charge in [-0.05, 0) is 86.3 Å². The van der Waals surface area contributed by atoms with E-state index < -0.39 is 0 Å². The molecule has 0 unspecified atom stereocenters. The fraction of sp³-hybridized carbons (Fsp3) is 0. The average molecular weight is 586 g/mol. The lowest BCUT2D eigenvalue weighted by Crippen LogP contribution is -1.93. The Labute approximate surface area is 266 Å². The van der Waals surface area contributed by atoms with Crippen molar-refractivity contribution in [3.63, 3.8) is 0 Å². The zero-order valence-corrected chi connectivity index (χ0v) is 24.9. The van der Waals surface area contributed by atoms with Crippen molar-refractivity contribution in [1.82, 2.24) is 15.0 Å². The summed E-state index contributed by atoms with van der Waals surface area (Å²) in [7, 11) is 0. The van der Waals surface area contributed by atoms with Gasteiger partial charge >= 0.3 is 0 Å². The minimum absolute atomic E-state index is 0.909. The third kappa shape index (κ3) is 4.33. The van der Waals surface area contributed by atoms with Crippen LogP contribution < -0.4 is 0 Å². The maximum Gasteiger partial charge on any atom is 0.0794 e. The van der Waals surface area contributed by atoms with Crippen LogP contribution >= 0.6 is 0 Å².